The second-order valence-electron chi connectivity index (χ2n) is 4.82. The summed E-state index contributed by atoms with van der Waals surface area (Å²) in [4.78, 5) is 4.11. The Balaban J connectivity index is 1.66. The molecule has 0 aromatic carbocycles. The fourth-order valence-electron chi connectivity index (χ4n) is 1.81. The summed E-state index contributed by atoms with van der Waals surface area (Å²) >= 11 is 3.44. The molecular formula is C14H14BrN5. The quantitative estimate of drug-likeness (QED) is 0.689. The minimum Gasteiger partial charge on any atom is -0.263 e. The maximum atomic E-state index is 4.19. The predicted molar refractivity (Wildman–Crippen MR) is 81.9 cm³/mol. The number of nitrogens with one attached hydrogen (secondary N) is 1. The Kier molecular flexibility index (Phi) is 3.73. The number of rotatable bonds is 4. The van der Waals surface area contributed by atoms with Crippen molar-refractivity contribution >= 4 is 28.0 Å². The molecule has 1 aliphatic carbocycles. The largest absolute Gasteiger partial charge is 0.263 e. The molecule has 2 aromatic heterocycles. The number of halogens is 1. The van der Waals surface area contributed by atoms with Crippen LogP contribution in [0.15, 0.2) is 34.1 Å². The zero-order chi connectivity index (χ0) is 13.9. The second-order valence-corrected chi connectivity index (χ2v) is 5.68. The average Bonchev–Trinajstić information content (AvgIpc) is 3.29. The van der Waals surface area contributed by atoms with Gasteiger partial charge in [-0.15, -0.1) is 5.10 Å². The Bertz CT molecular complexity index is 635. The molecule has 20 heavy (non-hydrogen) atoms. The minimum atomic E-state index is 0.621. The third kappa shape index (κ3) is 3.01. The molecule has 1 N–H and O–H groups in total. The van der Waals surface area contributed by atoms with Crippen molar-refractivity contribution in [2.45, 2.75) is 25.7 Å². The monoisotopic (exact) mass is 331 g/mol. The standard InChI is InChI=1S/C14H14BrN5/c1-9-11(6-16-8-12(9)15)7-17-19-14-5-4-13(18-20-14)10-2-3-10/h4-8,10H,2-3H2,1H3,(H,19,20)/b17-7+. The minimum absolute atomic E-state index is 0.621. The van der Waals surface area contributed by atoms with Crippen molar-refractivity contribution < 1.29 is 0 Å². The fourth-order valence-corrected chi connectivity index (χ4v) is 2.16. The van der Waals surface area contributed by atoms with Crippen LogP contribution in [0.4, 0.5) is 5.82 Å². The van der Waals surface area contributed by atoms with Gasteiger partial charge >= 0.3 is 0 Å². The van der Waals surface area contributed by atoms with Gasteiger partial charge in [-0.2, -0.15) is 10.2 Å². The van der Waals surface area contributed by atoms with Gasteiger partial charge in [0, 0.05) is 28.3 Å². The first kappa shape index (κ1) is 13.2. The van der Waals surface area contributed by atoms with Crippen LogP contribution in [-0.2, 0) is 0 Å². The highest BCUT2D eigenvalue weighted by Crippen LogP contribution is 2.38. The van der Waals surface area contributed by atoms with E-state index in [9.17, 15) is 0 Å². The molecule has 0 aliphatic heterocycles. The van der Waals surface area contributed by atoms with E-state index in [4.69, 9.17) is 0 Å². The van der Waals surface area contributed by atoms with Gasteiger partial charge in [-0.1, -0.05) is 0 Å². The van der Waals surface area contributed by atoms with Gasteiger partial charge in [-0.25, -0.2) is 0 Å². The van der Waals surface area contributed by atoms with Crippen LogP contribution in [0.5, 0.6) is 0 Å². The van der Waals surface area contributed by atoms with Gasteiger partial charge in [0.1, 0.15) is 0 Å². The number of nitrogens with zero attached hydrogens (tertiary/aromatic N) is 4. The Morgan fingerprint density at radius 1 is 1.30 bits per heavy atom. The number of pyridine rings is 1. The fraction of sp³-hybridized carbons (Fsp3) is 0.286. The molecule has 0 atom stereocenters. The van der Waals surface area contributed by atoms with Crippen LogP contribution in [0.2, 0.25) is 0 Å². The number of hydrogen-bond donors (Lipinski definition) is 1. The van der Waals surface area contributed by atoms with Gasteiger partial charge in [-0.05, 0) is 53.4 Å². The van der Waals surface area contributed by atoms with Crippen molar-refractivity contribution in [3.05, 3.63) is 45.8 Å². The van der Waals surface area contributed by atoms with Crippen molar-refractivity contribution in [3.8, 4) is 0 Å². The highest BCUT2D eigenvalue weighted by atomic mass is 79.9. The van der Waals surface area contributed by atoms with E-state index >= 15 is 0 Å². The smallest absolute Gasteiger partial charge is 0.168 e. The van der Waals surface area contributed by atoms with Gasteiger partial charge in [0.25, 0.3) is 0 Å². The summed E-state index contributed by atoms with van der Waals surface area (Å²) in [6.45, 7) is 2.01. The number of hydrazone groups is 1. The maximum Gasteiger partial charge on any atom is 0.168 e. The Morgan fingerprint density at radius 2 is 2.15 bits per heavy atom. The first-order valence-corrected chi connectivity index (χ1v) is 7.26. The number of hydrogen-bond acceptors (Lipinski definition) is 5. The molecule has 3 rings (SSSR count). The molecule has 2 aromatic rings. The van der Waals surface area contributed by atoms with Gasteiger partial charge in [0.2, 0.25) is 0 Å². The molecule has 2 heterocycles. The molecule has 1 fully saturated rings. The summed E-state index contributed by atoms with van der Waals surface area (Å²) in [5.41, 5.74) is 6.01. The van der Waals surface area contributed by atoms with Crippen molar-refractivity contribution in [2.24, 2.45) is 5.10 Å². The van der Waals surface area contributed by atoms with E-state index in [-0.39, 0.29) is 0 Å². The molecule has 0 spiro atoms. The molecule has 6 heteroatoms. The van der Waals surface area contributed by atoms with E-state index in [0.717, 1.165) is 21.3 Å². The average molecular weight is 332 g/mol. The zero-order valence-corrected chi connectivity index (χ0v) is 12.6. The first-order valence-electron chi connectivity index (χ1n) is 6.47. The summed E-state index contributed by atoms with van der Waals surface area (Å²) in [7, 11) is 0. The van der Waals surface area contributed by atoms with Crippen LogP contribution < -0.4 is 5.43 Å². The molecule has 5 nitrogen and oxygen atoms in total. The highest BCUT2D eigenvalue weighted by Gasteiger charge is 2.25. The lowest BCUT2D eigenvalue weighted by atomic mass is 10.2. The number of anilines is 1. The van der Waals surface area contributed by atoms with E-state index in [1.807, 2.05) is 19.1 Å². The summed E-state index contributed by atoms with van der Waals surface area (Å²) in [5.74, 6) is 1.27. The van der Waals surface area contributed by atoms with Crippen LogP contribution in [0.1, 0.15) is 35.6 Å². The first-order chi connectivity index (χ1) is 9.74. The van der Waals surface area contributed by atoms with Crippen molar-refractivity contribution in [2.75, 3.05) is 5.43 Å². The molecule has 0 bridgehead atoms. The van der Waals surface area contributed by atoms with E-state index in [1.54, 1.807) is 18.6 Å². The Morgan fingerprint density at radius 3 is 2.85 bits per heavy atom. The van der Waals surface area contributed by atoms with Crippen LogP contribution in [0, 0.1) is 6.92 Å². The molecule has 0 saturated heterocycles. The molecule has 0 unspecified atom stereocenters. The van der Waals surface area contributed by atoms with Crippen LogP contribution >= 0.6 is 15.9 Å². The van der Waals surface area contributed by atoms with Gasteiger partial charge in [0.15, 0.2) is 5.82 Å². The van der Waals surface area contributed by atoms with E-state index in [2.05, 4.69) is 41.6 Å². The lowest BCUT2D eigenvalue weighted by Crippen LogP contribution is -1.98. The third-order valence-electron chi connectivity index (χ3n) is 3.26. The molecule has 102 valence electrons. The molecule has 0 radical (unpaired) electrons. The Labute approximate surface area is 125 Å². The van der Waals surface area contributed by atoms with Gasteiger partial charge in [0.05, 0.1) is 11.9 Å². The zero-order valence-electron chi connectivity index (χ0n) is 11.0. The molecule has 1 aliphatic rings. The predicted octanol–water partition coefficient (Wildman–Crippen LogP) is 3.27. The van der Waals surface area contributed by atoms with Crippen LogP contribution in [-0.4, -0.2) is 21.4 Å². The summed E-state index contributed by atoms with van der Waals surface area (Å²) in [6.07, 6.45) is 7.72. The topological polar surface area (TPSA) is 63.1 Å². The van der Waals surface area contributed by atoms with Gasteiger partial charge < -0.3 is 0 Å². The van der Waals surface area contributed by atoms with Gasteiger partial charge in [-0.3, -0.25) is 10.4 Å². The highest BCUT2D eigenvalue weighted by molar-refractivity contribution is 9.10. The normalized spacial score (nSPS) is 14.7. The summed E-state index contributed by atoms with van der Waals surface area (Å²) in [6, 6.07) is 3.92. The lowest BCUT2D eigenvalue weighted by molar-refractivity contribution is 0.909. The second kappa shape index (κ2) is 5.66. The van der Waals surface area contributed by atoms with Crippen molar-refractivity contribution in [1.82, 2.24) is 15.2 Å². The lowest BCUT2D eigenvalue weighted by Gasteiger charge is -2.02. The summed E-state index contributed by atoms with van der Waals surface area (Å²) < 4.78 is 0.968. The van der Waals surface area contributed by atoms with Crippen LogP contribution in [0.3, 0.4) is 0 Å². The molecular weight excluding hydrogens is 318 g/mol. The number of aromatic nitrogens is 3. The Hall–Kier alpha value is -1.82. The molecule has 0 amide bonds. The van der Waals surface area contributed by atoms with E-state index in [0.29, 0.717) is 11.7 Å². The summed E-state index contributed by atoms with van der Waals surface area (Å²) in [5, 5.41) is 12.5. The third-order valence-corrected chi connectivity index (χ3v) is 4.06. The van der Waals surface area contributed by atoms with E-state index < -0.39 is 0 Å². The van der Waals surface area contributed by atoms with Crippen LogP contribution in [0.25, 0.3) is 0 Å². The van der Waals surface area contributed by atoms with Crippen molar-refractivity contribution in [1.29, 1.82) is 0 Å². The van der Waals surface area contributed by atoms with E-state index in [1.165, 1.54) is 12.8 Å². The molecule has 1 saturated carbocycles. The maximum absolute atomic E-state index is 4.19. The van der Waals surface area contributed by atoms with Crippen molar-refractivity contribution in [3.63, 3.8) is 0 Å². The SMILES string of the molecule is Cc1c(Br)cncc1/C=N/Nc1ccc(C2CC2)nn1.